The normalized spacial score (nSPS) is 11.9. The highest BCUT2D eigenvalue weighted by atomic mass is 35.5. The number of amides is 1. The largest absolute Gasteiger partial charge is 0.320 e. The highest BCUT2D eigenvalue weighted by Crippen LogP contribution is 2.15. The number of hydrogen-bond donors (Lipinski definition) is 1. The molecule has 1 aromatic heterocycles. The van der Waals surface area contributed by atoms with Crippen molar-refractivity contribution in [2.75, 3.05) is 5.32 Å². The Bertz CT molecular complexity index is 581. The average Bonchev–Trinajstić information content (AvgIpc) is 2.39. The van der Waals surface area contributed by atoms with Crippen LogP contribution in [0.1, 0.15) is 18.5 Å². The van der Waals surface area contributed by atoms with Crippen molar-refractivity contribution in [2.45, 2.75) is 19.9 Å². The molecule has 2 aromatic rings. The summed E-state index contributed by atoms with van der Waals surface area (Å²) in [6.45, 7) is 3.87. The molecule has 3 nitrogen and oxygen atoms in total. The second kappa shape index (κ2) is 5.85. The summed E-state index contributed by atoms with van der Waals surface area (Å²) in [5.74, 6) is -0.0730. The molecule has 0 aliphatic heterocycles. The van der Waals surface area contributed by atoms with E-state index >= 15 is 0 Å². The van der Waals surface area contributed by atoms with Crippen LogP contribution in [0.15, 0.2) is 48.8 Å². The first kappa shape index (κ1) is 13.6. The predicted molar refractivity (Wildman–Crippen MR) is 76.2 cm³/mol. The number of halogens is 1. The Kier molecular flexibility index (Phi) is 4.17. The van der Waals surface area contributed by atoms with Crippen molar-refractivity contribution in [3.05, 3.63) is 59.4 Å². The Hall–Kier alpha value is -1.87. The zero-order chi connectivity index (χ0) is 13.8. The summed E-state index contributed by atoms with van der Waals surface area (Å²) in [5, 5.41) is 3.46. The quantitative estimate of drug-likeness (QED) is 0.858. The number of nitrogens with one attached hydrogen (secondary N) is 1. The minimum Gasteiger partial charge on any atom is -0.320 e. The number of nitrogens with zero attached hydrogens (tertiary/aromatic N) is 1. The lowest BCUT2D eigenvalue weighted by Gasteiger charge is -2.09. The number of carbonyl (C=O) groups excluding carboxylic acids is 1. The van der Waals surface area contributed by atoms with Gasteiger partial charge in [0.2, 0.25) is 6.04 Å². The Labute approximate surface area is 117 Å². The summed E-state index contributed by atoms with van der Waals surface area (Å²) in [5.41, 5.74) is 1.87. The molecule has 0 bridgehead atoms. The first-order chi connectivity index (χ1) is 9.06. The maximum Gasteiger partial charge on any atom is 0.293 e. The van der Waals surface area contributed by atoms with Crippen LogP contribution in [0, 0.1) is 6.92 Å². The van der Waals surface area contributed by atoms with Crippen molar-refractivity contribution >= 4 is 23.2 Å². The first-order valence-electron chi connectivity index (χ1n) is 6.10. The van der Waals surface area contributed by atoms with Crippen molar-refractivity contribution in [3.63, 3.8) is 0 Å². The van der Waals surface area contributed by atoms with Crippen LogP contribution in [0.3, 0.4) is 0 Å². The molecule has 0 unspecified atom stereocenters. The molecular weight excluding hydrogens is 260 g/mol. The highest BCUT2D eigenvalue weighted by Gasteiger charge is 2.21. The maximum atomic E-state index is 12.1. The van der Waals surface area contributed by atoms with E-state index in [1.807, 2.05) is 55.1 Å². The molecule has 2 rings (SSSR count). The molecule has 0 aliphatic rings. The molecular formula is C15H16ClN2O+. The Morgan fingerprint density at radius 2 is 1.95 bits per heavy atom. The van der Waals surface area contributed by atoms with Gasteiger partial charge in [0.1, 0.15) is 0 Å². The number of pyridine rings is 1. The fourth-order valence-corrected chi connectivity index (χ4v) is 1.91. The monoisotopic (exact) mass is 275 g/mol. The van der Waals surface area contributed by atoms with Crippen molar-refractivity contribution in [1.82, 2.24) is 0 Å². The minimum atomic E-state index is -0.278. The van der Waals surface area contributed by atoms with Gasteiger partial charge in [-0.1, -0.05) is 17.7 Å². The second-order valence-electron chi connectivity index (χ2n) is 4.50. The Balaban J connectivity index is 2.09. The van der Waals surface area contributed by atoms with Crippen molar-refractivity contribution in [3.8, 4) is 0 Å². The summed E-state index contributed by atoms with van der Waals surface area (Å²) in [4.78, 5) is 12.1. The van der Waals surface area contributed by atoms with Crippen LogP contribution >= 0.6 is 11.6 Å². The van der Waals surface area contributed by atoms with E-state index in [1.54, 1.807) is 12.1 Å². The van der Waals surface area contributed by atoms with Gasteiger partial charge < -0.3 is 5.32 Å². The average molecular weight is 276 g/mol. The van der Waals surface area contributed by atoms with Gasteiger partial charge in [-0.2, -0.15) is 4.57 Å². The van der Waals surface area contributed by atoms with E-state index in [4.69, 9.17) is 11.6 Å². The number of carbonyl (C=O) groups is 1. The van der Waals surface area contributed by atoms with E-state index < -0.39 is 0 Å². The third kappa shape index (κ3) is 3.55. The van der Waals surface area contributed by atoms with Crippen molar-refractivity contribution in [2.24, 2.45) is 0 Å². The van der Waals surface area contributed by atoms with Crippen LogP contribution < -0.4 is 9.88 Å². The molecule has 0 aliphatic carbocycles. The van der Waals surface area contributed by atoms with E-state index in [9.17, 15) is 4.79 Å². The van der Waals surface area contributed by atoms with Gasteiger partial charge in [-0.25, -0.2) is 0 Å². The maximum absolute atomic E-state index is 12.1. The van der Waals surface area contributed by atoms with Gasteiger partial charge in [0.05, 0.1) is 0 Å². The molecule has 0 saturated heterocycles. The lowest BCUT2D eigenvalue weighted by atomic mass is 10.2. The van der Waals surface area contributed by atoms with Gasteiger partial charge in [0.15, 0.2) is 12.4 Å². The Morgan fingerprint density at radius 1 is 1.26 bits per heavy atom. The minimum absolute atomic E-state index is 0.0730. The molecule has 4 heteroatoms. The molecule has 1 atom stereocenters. The summed E-state index contributed by atoms with van der Waals surface area (Å²) >= 11 is 5.89. The molecule has 0 fully saturated rings. The first-order valence-corrected chi connectivity index (χ1v) is 6.48. The molecule has 1 aromatic carbocycles. The topological polar surface area (TPSA) is 33.0 Å². The number of aromatic nitrogens is 1. The third-order valence-electron chi connectivity index (χ3n) is 2.94. The van der Waals surface area contributed by atoms with E-state index in [1.165, 1.54) is 5.56 Å². The van der Waals surface area contributed by atoms with E-state index in [0.717, 1.165) is 0 Å². The summed E-state index contributed by atoms with van der Waals surface area (Å²) in [7, 11) is 0. The standard InChI is InChI=1S/C15H15ClN2O/c1-11-6-8-18(9-7-11)12(2)15(19)17-14-5-3-4-13(16)10-14/h3-10,12H,1-2H3/p+1/t12-/m0/s1. The zero-order valence-corrected chi connectivity index (χ0v) is 11.7. The van der Waals surface area contributed by atoms with E-state index in [-0.39, 0.29) is 11.9 Å². The lowest BCUT2D eigenvalue weighted by molar-refractivity contribution is -0.705. The second-order valence-corrected chi connectivity index (χ2v) is 4.93. The summed E-state index contributed by atoms with van der Waals surface area (Å²) in [6.07, 6.45) is 3.80. The van der Waals surface area contributed by atoms with Crippen LogP contribution in [-0.4, -0.2) is 5.91 Å². The van der Waals surface area contributed by atoms with Gasteiger partial charge in [0.25, 0.3) is 5.91 Å². The van der Waals surface area contributed by atoms with Crippen molar-refractivity contribution in [1.29, 1.82) is 0 Å². The van der Waals surface area contributed by atoms with Crippen LogP contribution in [0.25, 0.3) is 0 Å². The smallest absolute Gasteiger partial charge is 0.293 e. The van der Waals surface area contributed by atoms with Crippen LogP contribution in [0.2, 0.25) is 5.02 Å². The van der Waals surface area contributed by atoms with Crippen LogP contribution in [0.4, 0.5) is 5.69 Å². The lowest BCUT2D eigenvalue weighted by Crippen LogP contribution is -2.43. The van der Waals surface area contributed by atoms with E-state index in [0.29, 0.717) is 10.7 Å². The molecule has 1 N–H and O–H groups in total. The molecule has 0 spiro atoms. The predicted octanol–water partition coefficient (Wildman–Crippen LogP) is 3.14. The molecule has 19 heavy (non-hydrogen) atoms. The van der Waals surface area contributed by atoms with Crippen LogP contribution in [-0.2, 0) is 4.79 Å². The summed E-state index contributed by atoms with van der Waals surface area (Å²) < 4.78 is 1.87. The number of aryl methyl sites for hydroxylation is 1. The molecule has 98 valence electrons. The van der Waals surface area contributed by atoms with Crippen LogP contribution in [0.5, 0.6) is 0 Å². The molecule has 0 saturated carbocycles. The van der Waals surface area contributed by atoms with Crippen molar-refractivity contribution < 1.29 is 9.36 Å². The fraction of sp³-hybridized carbons (Fsp3) is 0.200. The number of hydrogen-bond acceptors (Lipinski definition) is 1. The van der Waals surface area contributed by atoms with Gasteiger partial charge in [0, 0.05) is 29.8 Å². The number of anilines is 1. The SMILES string of the molecule is Cc1cc[n+]([C@@H](C)C(=O)Nc2cccc(Cl)c2)cc1. The highest BCUT2D eigenvalue weighted by molar-refractivity contribution is 6.30. The van der Waals surface area contributed by atoms with Gasteiger partial charge in [-0.3, -0.25) is 4.79 Å². The number of rotatable bonds is 3. The molecule has 1 amide bonds. The van der Waals surface area contributed by atoms with E-state index in [2.05, 4.69) is 5.32 Å². The van der Waals surface area contributed by atoms with Gasteiger partial charge in [-0.15, -0.1) is 0 Å². The zero-order valence-electron chi connectivity index (χ0n) is 10.9. The number of benzene rings is 1. The molecule has 1 heterocycles. The molecule has 0 radical (unpaired) electrons. The van der Waals surface area contributed by atoms with Gasteiger partial charge >= 0.3 is 0 Å². The summed E-state index contributed by atoms with van der Waals surface area (Å²) in [6, 6.07) is 10.8. The Morgan fingerprint density at radius 3 is 2.58 bits per heavy atom. The van der Waals surface area contributed by atoms with Gasteiger partial charge in [-0.05, 0) is 30.7 Å². The fourth-order valence-electron chi connectivity index (χ4n) is 1.72. The third-order valence-corrected chi connectivity index (χ3v) is 3.17.